The Hall–Kier alpha value is -3.93. The Kier molecular flexibility index (Phi) is 30.7. The van der Waals surface area contributed by atoms with Crippen molar-refractivity contribution in [3.05, 3.63) is 146 Å². The average molecular weight is 795 g/mol. The van der Waals surface area contributed by atoms with E-state index in [2.05, 4.69) is 106 Å². The van der Waals surface area contributed by atoms with Crippen LogP contribution in [-0.4, -0.2) is 19.4 Å². The molecule has 58 heavy (non-hydrogen) atoms. The van der Waals surface area contributed by atoms with Crippen LogP contribution in [0.5, 0.6) is 0 Å². The first-order valence-corrected chi connectivity index (χ1v) is 22.3. The van der Waals surface area contributed by atoms with Crippen LogP contribution >= 0.6 is 0 Å². The minimum atomic E-state index is 0.363. The SMILES string of the molecule is C=C.C=C/C=C(N)\C=C/C.C=CC1CCC(C(N)CC2(c3ccc(C)cc3)CC2)CC1.C=CN.CC.CN.O=CC1CCC(CCC2CCCc3ccccc32)CC1. The van der Waals surface area contributed by atoms with Crippen LogP contribution in [0, 0.1) is 30.6 Å². The van der Waals surface area contributed by atoms with Crippen LogP contribution in [0.4, 0.5) is 0 Å². The molecule has 0 aliphatic heterocycles. The van der Waals surface area contributed by atoms with Crippen molar-refractivity contribution in [3.8, 4) is 0 Å². The monoisotopic (exact) mass is 795 g/mol. The number of aryl methyl sites for hydroxylation is 2. The molecule has 324 valence electrons. The summed E-state index contributed by atoms with van der Waals surface area (Å²) in [6.45, 7) is 24.7. The largest absolute Gasteiger partial charge is 0.405 e. The van der Waals surface area contributed by atoms with Gasteiger partial charge in [-0.3, -0.25) is 0 Å². The highest BCUT2D eigenvalue weighted by molar-refractivity contribution is 5.53. The Labute approximate surface area is 357 Å². The molecule has 0 amide bonds. The van der Waals surface area contributed by atoms with Crippen molar-refractivity contribution in [1.82, 2.24) is 0 Å². The van der Waals surface area contributed by atoms with Gasteiger partial charge in [0.05, 0.1) is 0 Å². The van der Waals surface area contributed by atoms with E-state index >= 15 is 0 Å². The molecule has 0 bridgehead atoms. The number of benzene rings is 2. The molecule has 0 spiro atoms. The molecule has 3 fully saturated rings. The van der Waals surface area contributed by atoms with Crippen LogP contribution in [0.15, 0.2) is 124 Å². The quantitative estimate of drug-likeness (QED) is 0.103. The summed E-state index contributed by atoms with van der Waals surface area (Å²) in [4.78, 5) is 10.8. The van der Waals surface area contributed by atoms with Gasteiger partial charge in [0.2, 0.25) is 0 Å². The van der Waals surface area contributed by atoms with Crippen molar-refractivity contribution in [2.24, 2.45) is 46.6 Å². The highest BCUT2D eigenvalue weighted by atomic mass is 16.1. The molecule has 2 unspecified atom stereocenters. The van der Waals surface area contributed by atoms with Crippen LogP contribution in [0.3, 0.4) is 0 Å². The van der Waals surface area contributed by atoms with Crippen molar-refractivity contribution in [2.45, 2.75) is 148 Å². The normalized spacial score (nSPS) is 22.9. The lowest BCUT2D eigenvalue weighted by molar-refractivity contribution is -0.112. The Morgan fingerprint density at radius 2 is 1.41 bits per heavy atom. The maximum Gasteiger partial charge on any atom is 0.123 e. The van der Waals surface area contributed by atoms with E-state index in [-0.39, 0.29) is 0 Å². The van der Waals surface area contributed by atoms with E-state index in [1.165, 1.54) is 121 Å². The topological polar surface area (TPSA) is 121 Å². The van der Waals surface area contributed by atoms with Gasteiger partial charge in [0.25, 0.3) is 0 Å². The Morgan fingerprint density at radius 1 is 0.845 bits per heavy atom. The summed E-state index contributed by atoms with van der Waals surface area (Å²) in [5, 5.41) is 0. The summed E-state index contributed by atoms with van der Waals surface area (Å²) in [7, 11) is 1.50. The molecule has 0 aromatic heterocycles. The van der Waals surface area contributed by atoms with Crippen molar-refractivity contribution in [1.29, 1.82) is 0 Å². The zero-order valence-electron chi connectivity index (χ0n) is 37.7. The molecule has 6 rings (SSSR count). The van der Waals surface area contributed by atoms with E-state index in [1.807, 2.05) is 32.9 Å². The van der Waals surface area contributed by atoms with Crippen molar-refractivity contribution in [3.63, 3.8) is 0 Å². The molecule has 3 saturated carbocycles. The fraction of sp³-hybridized carbons (Fsp3) is 0.528. The number of carbonyl (C=O) groups excluding carboxylic acids is 1. The van der Waals surface area contributed by atoms with Gasteiger partial charge >= 0.3 is 0 Å². The van der Waals surface area contributed by atoms with Crippen molar-refractivity contribution < 1.29 is 4.79 Å². The number of hydrogen-bond acceptors (Lipinski definition) is 5. The molecule has 5 heteroatoms. The molecule has 4 aliphatic rings. The third-order valence-corrected chi connectivity index (χ3v) is 12.1. The first-order valence-electron chi connectivity index (χ1n) is 22.3. The van der Waals surface area contributed by atoms with Gasteiger partial charge in [0.15, 0.2) is 0 Å². The van der Waals surface area contributed by atoms with Gasteiger partial charge in [0.1, 0.15) is 6.29 Å². The lowest BCUT2D eigenvalue weighted by Gasteiger charge is -2.33. The predicted octanol–water partition coefficient (Wildman–Crippen LogP) is 12.7. The maximum atomic E-state index is 10.8. The van der Waals surface area contributed by atoms with E-state index in [0.29, 0.717) is 17.4 Å². The van der Waals surface area contributed by atoms with E-state index in [1.54, 1.807) is 23.3 Å². The second-order valence-electron chi connectivity index (χ2n) is 15.8. The smallest absolute Gasteiger partial charge is 0.123 e. The van der Waals surface area contributed by atoms with Crippen LogP contribution in [0.2, 0.25) is 0 Å². The molecule has 2 aromatic carbocycles. The molecule has 4 aliphatic carbocycles. The van der Waals surface area contributed by atoms with Gasteiger partial charge in [0, 0.05) is 17.7 Å². The third-order valence-electron chi connectivity index (χ3n) is 12.1. The number of aldehydes is 1. The van der Waals surface area contributed by atoms with E-state index in [4.69, 9.17) is 11.5 Å². The standard InChI is InChI=1S/C20H29N.C19H26O.C7H11N.C2H5N.C2H6.C2H4.CH5N/c1-3-16-6-8-17(9-7-16)19(21)14-20(12-13-20)18-10-4-15(2)5-11-18;20-14-16-10-8-15(9-11-16)12-13-18-6-3-5-17-4-1-2-7-19(17)18;1-3-5-7(8)6-4-2;1-2-3;3*1-2/h3-5,10-11,16-17,19H,1,6-9,12-14,21H2,2H3;1-2,4,7,14-16,18H,3,5-6,8-13H2;3-6H,1,8H2,2H3;2H,1,3H2;1-2H3;1-2H2;2H2,1H3/b;;6-4-,7-5+;;;;. The van der Waals surface area contributed by atoms with E-state index in [0.717, 1.165) is 42.2 Å². The van der Waals surface area contributed by atoms with E-state index in [9.17, 15) is 4.79 Å². The summed E-state index contributed by atoms with van der Waals surface area (Å²) in [6.07, 6.45) is 32.2. The first kappa shape index (κ1) is 54.1. The number of carbonyl (C=O) groups is 1. The molecule has 0 heterocycles. The summed E-state index contributed by atoms with van der Waals surface area (Å²) >= 11 is 0. The van der Waals surface area contributed by atoms with Gasteiger partial charge in [-0.1, -0.05) is 99.3 Å². The van der Waals surface area contributed by atoms with Gasteiger partial charge in [-0.15, -0.1) is 19.7 Å². The molecular formula is C53H86N4O. The first-order chi connectivity index (χ1) is 28.2. The molecular weight excluding hydrogens is 709 g/mol. The molecule has 2 aromatic rings. The Bertz CT molecular complexity index is 1420. The number of rotatable bonds is 11. The Morgan fingerprint density at radius 3 is 1.93 bits per heavy atom. The van der Waals surface area contributed by atoms with Gasteiger partial charge in [-0.05, 0) is 188 Å². The molecule has 5 nitrogen and oxygen atoms in total. The third kappa shape index (κ3) is 20.2. The fourth-order valence-corrected chi connectivity index (χ4v) is 8.68. The number of nitrogens with two attached hydrogens (primary N) is 4. The van der Waals surface area contributed by atoms with Crippen LogP contribution in [-0.2, 0) is 16.6 Å². The number of allylic oxidation sites excluding steroid dienone is 5. The van der Waals surface area contributed by atoms with Crippen LogP contribution in [0.25, 0.3) is 0 Å². The summed E-state index contributed by atoms with van der Waals surface area (Å²) in [6, 6.07) is 18.6. The van der Waals surface area contributed by atoms with Gasteiger partial charge in [-0.2, -0.15) is 0 Å². The lowest BCUT2D eigenvalue weighted by atomic mass is 9.75. The summed E-state index contributed by atoms with van der Waals surface area (Å²) in [5.41, 5.74) is 28.3. The molecule has 0 radical (unpaired) electrons. The second kappa shape index (κ2) is 33.0. The minimum absolute atomic E-state index is 0.363. The van der Waals surface area contributed by atoms with Crippen LogP contribution < -0.4 is 22.9 Å². The second-order valence-corrected chi connectivity index (χ2v) is 15.8. The molecule has 8 N–H and O–H groups in total. The highest BCUT2D eigenvalue weighted by Gasteiger charge is 2.46. The van der Waals surface area contributed by atoms with Crippen LogP contribution in [0.1, 0.15) is 145 Å². The molecule has 0 saturated heterocycles. The van der Waals surface area contributed by atoms with E-state index < -0.39 is 0 Å². The zero-order valence-corrected chi connectivity index (χ0v) is 37.7. The van der Waals surface area contributed by atoms with Gasteiger partial charge in [-0.25, -0.2) is 0 Å². The Balaban J connectivity index is 0.000000815. The van der Waals surface area contributed by atoms with Gasteiger partial charge < -0.3 is 27.7 Å². The summed E-state index contributed by atoms with van der Waals surface area (Å²) in [5.74, 6) is 3.50. The number of hydrogen-bond donors (Lipinski definition) is 4. The fourth-order valence-electron chi connectivity index (χ4n) is 8.68. The maximum absolute atomic E-state index is 10.8. The summed E-state index contributed by atoms with van der Waals surface area (Å²) < 4.78 is 0. The molecule has 2 atom stereocenters. The minimum Gasteiger partial charge on any atom is -0.405 e. The average Bonchev–Trinajstić information content (AvgIpc) is 4.06. The highest BCUT2D eigenvalue weighted by Crippen LogP contribution is 2.52. The zero-order chi connectivity index (χ0) is 43.8. The number of fused-ring (bicyclic) bond motifs is 1. The van der Waals surface area contributed by atoms with Crippen molar-refractivity contribution >= 4 is 6.29 Å². The van der Waals surface area contributed by atoms with Crippen molar-refractivity contribution in [2.75, 3.05) is 7.05 Å². The lowest BCUT2D eigenvalue weighted by Crippen LogP contribution is -2.36. The predicted molar refractivity (Wildman–Crippen MR) is 258 cm³/mol.